The van der Waals surface area contributed by atoms with Gasteiger partial charge in [0, 0.05) is 19.2 Å². The van der Waals surface area contributed by atoms with E-state index in [4.69, 9.17) is 4.74 Å². The van der Waals surface area contributed by atoms with E-state index in [-0.39, 0.29) is 23.5 Å². The van der Waals surface area contributed by atoms with Gasteiger partial charge in [-0.3, -0.25) is 0 Å². The summed E-state index contributed by atoms with van der Waals surface area (Å²) in [6.45, 7) is 5.99. The van der Waals surface area contributed by atoms with Gasteiger partial charge in [-0.15, -0.1) is 5.10 Å². The fourth-order valence-corrected chi connectivity index (χ4v) is 4.94. The molecule has 1 aliphatic carbocycles. The van der Waals surface area contributed by atoms with E-state index >= 15 is 0 Å². The Labute approximate surface area is 194 Å². The van der Waals surface area contributed by atoms with Crippen LogP contribution in [0.15, 0.2) is 30.3 Å². The first-order valence-corrected chi connectivity index (χ1v) is 11.9. The van der Waals surface area contributed by atoms with Crippen LogP contribution in [0.2, 0.25) is 0 Å². The Morgan fingerprint density at radius 1 is 0.970 bits per heavy atom. The van der Waals surface area contributed by atoms with Gasteiger partial charge in [-0.05, 0) is 80.0 Å². The van der Waals surface area contributed by atoms with E-state index in [1.165, 1.54) is 23.6 Å². The second kappa shape index (κ2) is 8.71. The number of likely N-dealkylation sites (tertiary alicyclic amines) is 1. The summed E-state index contributed by atoms with van der Waals surface area (Å²) >= 11 is 0. The van der Waals surface area contributed by atoms with Crippen LogP contribution in [0.3, 0.4) is 0 Å². The first-order chi connectivity index (χ1) is 15.9. The van der Waals surface area contributed by atoms with E-state index in [9.17, 15) is 10.2 Å². The molecule has 0 bridgehead atoms. The minimum Gasteiger partial charge on any atom is -0.508 e. The summed E-state index contributed by atoms with van der Waals surface area (Å²) in [5.41, 5.74) is 4.94. The fourth-order valence-electron chi connectivity index (χ4n) is 4.94. The van der Waals surface area contributed by atoms with Gasteiger partial charge in [-0.1, -0.05) is 25.0 Å². The molecule has 1 aliphatic heterocycles. The fraction of sp³-hybridized carbons (Fsp3) is 0.462. The van der Waals surface area contributed by atoms with Crippen LogP contribution in [0.4, 0.5) is 0 Å². The van der Waals surface area contributed by atoms with Gasteiger partial charge < -0.3 is 19.8 Å². The molecule has 0 atom stereocenters. The van der Waals surface area contributed by atoms with E-state index in [1.54, 1.807) is 0 Å². The van der Waals surface area contributed by atoms with E-state index in [2.05, 4.69) is 40.3 Å². The maximum atomic E-state index is 10.7. The molecule has 1 saturated heterocycles. The van der Waals surface area contributed by atoms with Crippen LogP contribution < -0.4 is 4.74 Å². The van der Waals surface area contributed by atoms with E-state index < -0.39 is 0 Å². The van der Waals surface area contributed by atoms with Crippen LogP contribution in [0, 0.1) is 0 Å². The number of hydrogen-bond donors (Lipinski definition) is 2. The van der Waals surface area contributed by atoms with E-state index in [0.717, 1.165) is 50.0 Å². The van der Waals surface area contributed by atoms with Gasteiger partial charge in [0.1, 0.15) is 17.6 Å². The Balaban J connectivity index is 1.62. The third-order valence-corrected chi connectivity index (χ3v) is 6.92. The second-order valence-electron chi connectivity index (χ2n) is 9.65. The molecule has 7 nitrogen and oxygen atoms in total. The van der Waals surface area contributed by atoms with Crippen molar-refractivity contribution in [2.24, 2.45) is 0 Å². The van der Waals surface area contributed by atoms with Crippen molar-refractivity contribution in [1.29, 1.82) is 0 Å². The molecular weight excluding hydrogens is 416 g/mol. The van der Waals surface area contributed by atoms with Crippen LogP contribution >= 0.6 is 0 Å². The molecule has 2 heterocycles. The molecule has 7 heteroatoms. The molecule has 2 aromatic carbocycles. The lowest BCUT2D eigenvalue weighted by molar-refractivity contribution is 0.103. The smallest absolute Gasteiger partial charge is 0.322 e. The van der Waals surface area contributed by atoms with E-state index in [0.29, 0.717) is 17.4 Å². The minimum atomic E-state index is -0.0300. The van der Waals surface area contributed by atoms with Crippen LogP contribution in [0.25, 0.3) is 17.1 Å². The zero-order valence-electron chi connectivity index (χ0n) is 19.6. The maximum Gasteiger partial charge on any atom is 0.322 e. The summed E-state index contributed by atoms with van der Waals surface area (Å²) in [6.07, 6.45) is 5.29. The topological polar surface area (TPSA) is 83.6 Å². The van der Waals surface area contributed by atoms with Gasteiger partial charge in [-0.2, -0.15) is 0 Å². The van der Waals surface area contributed by atoms with Gasteiger partial charge in [0.05, 0.1) is 11.3 Å². The number of piperidine rings is 1. The summed E-state index contributed by atoms with van der Waals surface area (Å²) in [5.74, 6) is 0.654. The molecule has 1 aromatic heterocycles. The largest absolute Gasteiger partial charge is 0.508 e. The third kappa shape index (κ3) is 4.17. The highest BCUT2D eigenvalue weighted by Gasteiger charge is 2.26. The molecule has 5 rings (SSSR count). The maximum absolute atomic E-state index is 10.7. The highest BCUT2D eigenvalue weighted by atomic mass is 16.5. The predicted molar refractivity (Wildman–Crippen MR) is 127 cm³/mol. The number of benzene rings is 2. The molecule has 1 fully saturated rings. The van der Waals surface area contributed by atoms with Crippen LogP contribution in [0.5, 0.6) is 17.5 Å². The van der Waals surface area contributed by atoms with Crippen LogP contribution in [-0.2, 0) is 12.8 Å². The summed E-state index contributed by atoms with van der Waals surface area (Å²) in [7, 11) is 2.13. The normalized spacial score (nSPS) is 17.0. The first kappa shape index (κ1) is 21.8. The molecule has 174 valence electrons. The number of fused-ring (bicyclic) bond motifs is 1. The van der Waals surface area contributed by atoms with Crippen molar-refractivity contribution in [3.63, 3.8) is 0 Å². The lowest BCUT2D eigenvalue weighted by Gasteiger charge is -2.29. The lowest BCUT2D eigenvalue weighted by Crippen LogP contribution is -2.36. The molecule has 3 aromatic rings. The number of ether oxygens (including phenoxy) is 1. The number of aryl methyl sites for hydroxylation is 2. The molecule has 0 unspecified atom stereocenters. The molecule has 33 heavy (non-hydrogen) atoms. The molecule has 2 aliphatic rings. The Hall–Kier alpha value is -3.06. The highest BCUT2D eigenvalue weighted by molar-refractivity contribution is 5.70. The quantitative estimate of drug-likeness (QED) is 0.601. The molecular formula is C26H32N4O3. The highest BCUT2D eigenvalue weighted by Crippen LogP contribution is 2.39. The first-order valence-electron chi connectivity index (χ1n) is 11.9. The average molecular weight is 449 g/mol. The second-order valence-corrected chi connectivity index (χ2v) is 9.65. The number of rotatable bonds is 5. The number of aromatic nitrogens is 3. The minimum absolute atomic E-state index is 0.0300. The lowest BCUT2D eigenvalue weighted by atomic mass is 9.98. The van der Waals surface area contributed by atoms with Crippen molar-refractivity contribution in [2.45, 2.75) is 58.0 Å². The molecule has 0 radical (unpaired) electrons. The Morgan fingerprint density at radius 3 is 2.48 bits per heavy atom. The van der Waals surface area contributed by atoms with Gasteiger partial charge in [0.25, 0.3) is 0 Å². The molecule has 2 N–H and O–H groups in total. The van der Waals surface area contributed by atoms with E-state index in [1.807, 2.05) is 24.5 Å². The summed E-state index contributed by atoms with van der Waals surface area (Å²) in [6, 6.07) is 10.1. The van der Waals surface area contributed by atoms with Gasteiger partial charge in [0.15, 0.2) is 5.82 Å². The van der Waals surface area contributed by atoms with Gasteiger partial charge >= 0.3 is 6.01 Å². The van der Waals surface area contributed by atoms with Crippen LogP contribution in [0.1, 0.15) is 55.7 Å². The number of aromatic hydroxyl groups is 2. The summed E-state index contributed by atoms with van der Waals surface area (Å²) < 4.78 is 8.29. The SMILES string of the molecule is CC(C)c1cc(-c2nnc(OC3CCN(C)CC3)n2-c2ccc3c(c2)CCC3)c(O)cc1O. The number of phenols is 2. The Bertz CT molecular complexity index is 1160. The molecule has 0 spiro atoms. The van der Waals surface area contributed by atoms with Crippen molar-refractivity contribution in [2.75, 3.05) is 20.1 Å². The summed E-state index contributed by atoms with van der Waals surface area (Å²) in [4.78, 5) is 2.30. The van der Waals surface area contributed by atoms with Crippen molar-refractivity contribution in [3.05, 3.63) is 47.0 Å². The predicted octanol–water partition coefficient (Wildman–Crippen LogP) is 4.43. The monoisotopic (exact) mass is 448 g/mol. The average Bonchev–Trinajstić information content (AvgIpc) is 3.41. The Morgan fingerprint density at radius 2 is 1.73 bits per heavy atom. The van der Waals surface area contributed by atoms with Crippen molar-refractivity contribution < 1.29 is 14.9 Å². The Kier molecular flexibility index (Phi) is 5.74. The van der Waals surface area contributed by atoms with Crippen molar-refractivity contribution >= 4 is 0 Å². The third-order valence-electron chi connectivity index (χ3n) is 6.92. The molecule has 0 saturated carbocycles. The number of nitrogens with zero attached hydrogens (tertiary/aromatic N) is 4. The number of hydrogen-bond acceptors (Lipinski definition) is 6. The zero-order chi connectivity index (χ0) is 23.1. The van der Waals surface area contributed by atoms with Crippen molar-refractivity contribution in [1.82, 2.24) is 19.7 Å². The van der Waals surface area contributed by atoms with Gasteiger partial charge in [0.2, 0.25) is 0 Å². The summed E-state index contributed by atoms with van der Waals surface area (Å²) in [5, 5.41) is 30.0. The number of phenolic OH excluding ortho intramolecular Hbond substituents is 2. The van der Waals surface area contributed by atoms with Crippen LogP contribution in [-0.4, -0.2) is 56.1 Å². The zero-order valence-corrected chi connectivity index (χ0v) is 19.6. The molecule has 0 amide bonds. The van der Waals surface area contributed by atoms with Crippen molar-refractivity contribution in [3.8, 4) is 34.6 Å². The van der Waals surface area contributed by atoms with Gasteiger partial charge in [-0.25, -0.2) is 4.57 Å². The standard InChI is InChI=1S/C26H32N4O3/c1-16(2)21-14-22(24(32)15-23(21)31)25-27-28-26(33-20-9-11-29(3)12-10-20)30(25)19-8-7-17-5-4-6-18(17)13-19/h7-8,13-16,20,31-32H,4-6,9-12H2,1-3H3.